The minimum atomic E-state index is -0.187. The highest BCUT2D eigenvalue weighted by atomic mass is 32.1. The van der Waals surface area contributed by atoms with E-state index in [4.69, 9.17) is 21.7 Å². The highest BCUT2D eigenvalue weighted by Crippen LogP contribution is 2.18. The van der Waals surface area contributed by atoms with Gasteiger partial charge in [-0.15, -0.1) is 0 Å². The van der Waals surface area contributed by atoms with Crippen LogP contribution in [0.4, 0.5) is 5.69 Å². The minimum Gasteiger partial charge on any atom is -0.497 e. The molecule has 30 heavy (non-hydrogen) atoms. The van der Waals surface area contributed by atoms with Gasteiger partial charge in [-0.2, -0.15) is 0 Å². The Labute approximate surface area is 182 Å². The summed E-state index contributed by atoms with van der Waals surface area (Å²) in [6.07, 6.45) is 1.06. The molecule has 6 heteroatoms. The third-order valence-corrected chi connectivity index (χ3v) is 4.58. The van der Waals surface area contributed by atoms with E-state index in [1.807, 2.05) is 66.7 Å². The Hall–Kier alpha value is -3.38. The Balaban J connectivity index is 1.46. The summed E-state index contributed by atoms with van der Waals surface area (Å²) in [5.74, 6) is 1.30. The molecule has 0 saturated carbocycles. The molecule has 0 atom stereocenters. The molecule has 0 saturated heterocycles. The average molecular weight is 421 g/mol. The van der Waals surface area contributed by atoms with Crippen molar-refractivity contribution in [2.45, 2.75) is 12.8 Å². The zero-order valence-corrected chi connectivity index (χ0v) is 17.6. The summed E-state index contributed by atoms with van der Waals surface area (Å²) >= 11 is 5.26. The fraction of sp³-hybridized carbons (Fsp3) is 0.167. The molecule has 3 aromatic rings. The van der Waals surface area contributed by atoms with Crippen molar-refractivity contribution in [3.8, 4) is 11.5 Å². The number of methoxy groups -OCH3 is 1. The maximum Gasteiger partial charge on any atom is 0.230 e. The molecule has 0 unspecified atom stereocenters. The van der Waals surface area contributed by atoms with Crippen molar-refractivity contribution in [1.29, 1.82) is 0 Å². The zero-order valence-electron chi connectivity index (χ0n) is 16.8. The van der Waals surface area contributed by atoms with Crippen molar-refractivity contribution in [2.75, 3.05) is 19.0 Å². The topological polar surface area (TPSA) is 59.6 Å². The first-order valence-corrected chi connectivity index (χ1v) is 10.0. The van der Waals surface area contributed by atoms with Crippen LogP contribution in [-0.4, -0.2) is 24.7 Å². The Morgan fingerprint density at radius 3 is 2.40 bits per heavy atom. The fourth-order valence-electron chi connectivity index (χ4n) is 2.86. The van der Waals surface area contributed by atoms with E-state index < -0.39 is 0 Å². The first-order chi connectivity index (χ1) is 14.6. The van der Waals surface area contributed by atoms with E-state index in [2.05, 4.69) is 22.8 Å². The number of benzene rings is 3. The van der Waals surface area contributed by atoms with Gasteiger partial charge in [-0.25, -0.2) is 0 Å². The summed E-state index contributed by atoms with van der Waals surface area (Å²) in [5, 5.41) is 5.97. The number of thiocarbonyl (C=S) groups is 1. The van der Waals surface area contributed by atoms with Gasteiger partial charge in [0, 0.05) is 18.2 Å². The second kappa shape index (κ2) is 11.0. The molecule has 3 rings (SSSR count). The molecule has 0 spiro atoms. The number of hydrogen-bond donors (Lipinski definition) is 2. The third-order valence-electron chi connectivity index (χ3n) is 4.37. The molecule has 0 bridgehead atoms. The quantitative estimate of drug-likeness (QED) is 0.530. The van der Waals surface area contributed by atoms with E-state index in [1.54, 1.807) is 7.11 Å². The van der Waals surface area contributed by atoms with Crippen molar-refractivity contribution in [1.82, 2.24) is 5.32 Å². The molecule has 0 aliphatic rings. The fourth-order valence-corrected chi connectivity index (χ4v) is 3.09. The molecular formula is C24H24N2O3S. The van der Waals surface area contributed by atoms with Crippen LogP contribution in [-0.2, 0) is 17.6 Å². The molecule has 0 aliphatic heterocycles. The van der Waals surface area contributed by atoms with E-state index in [0.717, 1.165) is 29.2 Å². The van der Waals surface area contributed by atoms with Gasteiger partial charge in [-0.1, -0.05) is 48.5 Å². The predicted octanol–water partition coefficient (Wildman–Crippen LogP) is 4.37. The Morgan fingerprint density at radius 1 is 0.900 bits per heavy atom. The lowest BCUT2D eigenvalue weighted by Gasteiger charge is -2.12. The summed E-state index contributed by atoms with van der Waals surface area (Å²) in [6, 6.07) is 25.0. The van der Waals surface area contributed by atoms with Gasteiger partial charge < -0.3 is 20.1 Å². The second-order valence-electron chi connectivity index (χ2n) is 6.64. The van der Waals surface area contributed by atoms with Crippen LogP contribution in [0.3, 0.4) is 0 Å². The number of ether oxygens (including phenoxy) is 2. The van der Waals surface area contributed by atoms with Crippen LogP contribution in [0.15, 0.2) is 78.9 Å². The van der Waals surface area contributed by atoms with Gasteiger partial charge >= 0.3 is 0 Å². The SMILES string of the molecule is COc1ccc(CC(=O)NC(=S)Nc2cccc(OCCc3ccccc3)c2)cc1. The number of rotatable bonds is 8. The molecule has 1 amide bonds. The monoisotopic (exact) mass is 420 g/mol. The van der Waals surface area contributed by atoms with E-state index in [0.29, 0.717) is 6.61 Å². The number of nitrogens with one attached hydrogen (secondary N) is 2. The number of anilines is 1. The van der Waals surface area contributed by atoms with Crippen molar-refractivity contribution in [3.05, 3.63) is 90.0 Å². The lowest BCUT2D eigenvalue weighted by atomic mass is 10.1. The normalized spacial score (nSPS) is 10.2. The van der Waals surface area contributed by atoms with E-state index in [9.17, 15) is 4.79 Å². The van der Waals surface area contributed by atoms with Gasteiger partial charge in [0.25, 0.3) is 0 Å². The molecule has 3 aromatic carbocycles. The molecule has 5 nitrogen and oxygen atoms in total. The number of carbonyl (C=O) groups is 1. The Bertz CT molecular complexity index is 975. The van der Waals surface area contributed by atoms with Crippen LogP contribution in [0.2, 0.25) is 0 Å². The Morgan fingerprint density at radius 2 is 1.67 bits per heavy atom. The highest BCUT2D eigenvalue weighted by Gasteiger charge is 2.07. The van der Waals surface area contributed by atoms with Gasteiger partial charge in [-0.05, 0) is 47.6 Å². The average Bonchev–Trinajstić information content (AvgIpc) is 2.75. The molecule has 0 fully saturated rings. The van der Waals surface area contributed by atoms with Crippen LogP contribution < -0.4 is 20.1 Å². The van der Waals surface area contributed by atoms with Crippen molar-refractivity contribution in [3.63, 3.8) is 0 Å². The first kappa shape index (κ1) is 21.3. The summed E-state index contributed by atoms with van der Waals surface area (Å²) in [5.41, 5.74) is 2.86. The summed E-state index contributed by atoms with van der Waals surface area (Å²) in [4.78, 5) is 12.2. The van der Waals surface area contributed by atoms with Crippen LogP contribution in [0, 0.1) is 0 Å². The lowest BCUT2D eigenvalue weighted by molar-refractivity contribution is -0.119. The van der Waals surface area contributed by atoms with Gasteiger partial charge in [0.05, 0.1) is 20.1 Å². The molecule has 2 N–H and O–H groups in total. The van der Waals surface area contributed by atoms with Crippen LogP contribution in [0.5, 0.6) is 11.5 Å². The smallest absolute Gasteiger partial charge is 0.230 e. The van der Waals surface area contributed by atoms with Crippen LogP contribution in [0.25, 0.3) is 0 Å². The van der Waals surface area contributed by atoms with Crippen molar-refractivity contribution in [2.24, 2.45) is 0 Å². The molecule has 154 valence electrons. The summed E-state index contributed by atoms with van der Waals surface area (Å²) in [7, 11) is 1.61. The predicted molar refractivity (Wildman–Crippen MR) is 123 cm³/mol. The summed E-state index contributed by atoms with van der Waals surface area (Å²) in [6.45, 7) is 0.580. The lowest BCUT2D eigenvalue weighted by Crippen LogP contribution is -2.35. The second-order valence-corrected chi connectivity index (χ2v) is 7.05. The van der Waals surface area contributed by atoms with E-state index in [-0.39, 0.29) is 17.4 Å². The number of hydrogen-bond acceptors (Lipinski definition) is 4. The van der Waals surface area contributed by atoms with Crippen LogP contribution >= 0.6 is 12.2 Å². The molecule has 0 heterocycles. The zero-order chi connectivity index (χ0) is 21.2. The van der Waals surface area contributed by atoms with Gasteiger partial charge in [-0.3, -0.25) is 4.79 Å². The molecular weight excluding hydrogens is 396 g/mol. The van der Waals surface area contributed by atoms with Gasteiger partial charge in [0.2, 0.25) is 5.91 Å². The van der Waals surface area contributed by atoms with Gasteiger partial charge in [0.1, 0.15) is 11.5 Å². The minimum absolute atomic E-state index is 0.187. The maximum atomic E-state index is 12.2. The Kier molecular flexibility index (Phi) is 7.80. The summed E-state index contributed by atoms with van der Waals surface area (Å²) < 4.78 is 11.0. The third kappa shape index (κ3) is 6.90. The molecule has 0 radical (unpaired) electrons. The van der Waals surface area contributed by atoms with E-state index >= 15 is 0 Å². The van der Waals surface area contributed by atoms with Gasteiger partial charge in [0.15, 0.2) is 5.11 Å². The highest BCUT2D eigenvalue weighted by molar-refractivity contribution is 7.80. The van der Waals surface area contributed by atoms with Crippen molar-refractivity contribution >= 4 is 28.9 Å². The number of amides is 1. The standard InChI is InChI=1S/C24H24N2O3S/c1-28-21-12-10-19(11-13-21)16-23(27)26-24(30)25-20-8-5-9-22(17-20)29-15-14-18-6-3-2-4-7-18/h2-13,17H,14-16H2,1H3,(H2,25,26,27,30). The van der Waals surface area contributed by atoms with E-state index in [1.165, 1.54) is 5.56 Å². The largest absolute Gasteiger partial charge is 0.497 e. The van der Waals surface area contributed by atoms with Crippen molar-refractivity contribution < 1.29 is 14.3 Å². The van der Waals surface area contributed by atoms with Crippen LogP contribution in [0.1, 0.15) is 11.1 Å². The molecule has 0 aliphatic carbocycles. The maximum absolute atomic E-state index is 12.2. The first-order valence-electron chi connectivity index (χ1n) is 9.63. The molecule has 0 aromatic heterocycles. The number of carbonyl (C=O) groups excluding carboxylic acids is 1.